The molecule has 2 N–H and O–H groups in total. The molecule has 0 bridgehead atoms. The Morgan fingerprint density at radius 3 is 2.95 bits per heavy atom. The second-order valence-corrected chi connectivity index (χ2v) is 4.29. The van der Waals surface area contributed by atoms with Gasteiger partial charge < -0.3 is 15.4 Å². The summed E-state index contributed by atoms with van der Waals surface area (Å²) in [6.07, 6.45) is -0.112. The summed E-state index contributed by atoms with van der Waals surface area (Å²) in [6, 6.07) is 3.50. The lowest BCUT2D eigenvalue weighted by Gasteiger charge is -2.15. The zero-order chi connectivity index (χ0) is 14.7. The molecule has 20 heavy (non-hydrogen) atoms. The zero-order valence-corrected chi connectivity index (χ0v) is 10.7. The van der Waals surface area contributed by atoms with Crippen molar-refractivity contribution in [3.05, 3.63) is 33.9 Å². The molecule has 1 aromatic carbocycles. The number of hydrogen-bond donors (Lipinski definition) is 2. The largest absolute Gasteiger partial charge is 0.469 e. The summed E-state index contributed by atoms with van der Waals surface area (Å²) >= 11 is 0. The van der Waals surface area contributed by atoms with Crippen LogP contribution in [0.5, 0.6) is 0 Å². The van der Waals surface area contributed by atoms with Crippen LogP contribution in [0, 0.1) is 10.1 Å². The highest BCUT2D eigenvalue weighted by molar-refractivity contribution is 5.90. The second kappa shape index (κ2) is 5.55. The molecule has 8 nitrogen and oxygen atoms in total. The van der Waals surface area contributed by atoms with Gasteiger partial charge in [0.1, 0.15) is 6.04 Å². The molecule has 0 radical (unpaired) electrons. The fourth-order valence-corrected chi connectivity index (χ4v) is 1.93. The maximum atomic E-state index is 11.8. The van der Waals surface area contributed by atoms with E-state index < -0.39 is 16.9 Å². The predicted molar refractivity (Wildman–Crippen MR) is 69.0 cm³/mol. The van der Waals surface area contributed by atoms with E-state index in [4.69, 9.17) is 0 Å². The number of anilines is 1. The number of nitrogens with one attached hydrogen (secondary N) is 2. The van der Waals surface area contributed by atoms with E-state index in [1.165, 1.54) is 25.3 Å². The molecule has 0 fully saturated rings. The Hall–Kier alpha value is -2.64. The van der Waals surface area contributed by atoms with Gasteiger partial charge in [-0.1, -0.05) is 0 Å². The van der Waals surface area contributed by atoms with Crippen molar-refractivity contribution >= 4 is 23.3 Å². The van der Waals surface area contributed by atoms with Crippen LogP contribution in [0.2, 0.25) is 0 Å². The number of non-ortho nitro benzene ring substituents is 1. The minimum Gasteiger partial charge on any atom is -0.469 e. The second-order valence-electron chi connectivity index (χ2n) is 4.29. The quantitative estimate of drug-likeness (QED) is 0.475. The smallest absolute Gasteiger partial charge is 0.308 e. The van der Waals surface area contributed by atoms with Crippen LogP contribution < -0.4 is 10.6 Å². The summed E-state index contributed by atoms with van der Waals surface area (Å²) in [5.41, 5.74) is 1.13. The van der Waals surface area contributed by atoms with Gasteiger partial charge in [-0.3, -0.25) is 19.7 Å². The Bertz CT molecular complexity index is 572. The van der Waals surface area contributed by atoms with E-state index in [1.54, 1.807) is 0 Å². The fraction of sp³-hybridized carbons (Fsp3) is 0.333. The number of nitro benzene ring substituents is 1. The molecule has 0 aromatic heterocycles. The minimum atomic E-state index is -0.759. The monoisotopic (exact) mass is 279 g/mol. The first-order valence-corrected chi connectivity index (χ1v) is 5.89. The highest BCUT2D eigenvalue weighted by Gasteiger charge is 2.26. The van der Waals surface area contributed by atoms with Crippen LogP contribution in [0.1, 0.15) is 12.0 Å². The van der Waals surface area contributed by atoms with E-state index in [-0.39, 0.29) is 24.6 Å². The summed E-state index contributed by atoms with van der Waals surface area (Å²) in [5.74, 6) is -0.864. The summed E-state index contributed by atoms with van der Waals surface area (Å²) in [4.78, 5) is 33.3. The molecular weight excluding hydrogens is 266 g/mol. The number of esters is 1. The van der Waals surface area contributed by atoms with E-state index in [0.29, 0.717) is 11.3 Å². The molecule has 1 aromatic rings. The summed E-state index contributed by atoms with van der Waals surface area (Å²) in [7, 11) is 1.24. The highest BCUT2D eigenvalue weighted by atomic mass is 16.6. The van der Waals surface area contributed by atoms with Gasteiger partial charge in [0.05, 0.1) is 18.5 Å². The van der Waals surface area contributed by atoms with Crippen LogP contribution in [-0.2, 0) is 20.9 Å². The molecule has 8 heteroatoms. The number of nitrogens with zero attached hydrogens (tertiary/aromatic N) is 1. The van der Waals surface area contributed by atoms with Crippen LogP contribution in [0.3, 0.4) is 0 Å². The van der Waals surface area contributed by atoms with E-state index in [1.807, 2.05) is 0 Å². The number of rotatable bonds is 3. The van der Waals surface area contributed by atoms with Crippen molar-refractivity contribution in [1.82, 2.24) is 5.32 Å². The molecule has 2 rings (SSSR count). The Balaban J connectivity index is 2.25. The van der Waals surface area contributed by atoms with Crippen LogP contribution >= 0.6 is 0 Å². The van der Waals surface area contributed by atoms with Gasteiger partial charge in [0, 0.05) is 29.9 Å². The van der Waals surface area contributed by atoms with Crippen molar-refractivity contribution in [2.45, 2.75) is 19.0 Å². The first kappa shape index (κ1) is 13.8. The predicted octanol–water partition coefficient (Wildman–Crippen LogP) is 0.568. The van der Waals surface area contributed by atoms with Crippen LogP contribution in [0.25, 0.3) is 0 Å². The van der Waals surface area contributed by atoms with E-state index >= 15 is 0 Å². The summed E-state index contributed by atoms with van der Waals surface area (Å²) in [6.45, 7) is 0.167. The summed E-state index contributed by atoms with van der Waals surface area (Å²) in [5, 5.41) is 16.2. The van der Waals surface area contributed by atoms with Crippen molar-refractivity contribution in [2.24, 2.45) is 0 Å². The topological polar surface area (TPSA) is 111 Å². The van der Waals surface area contributed by atoms with Crippen molar-refractivity contribution < 1.29 is 19.2 Å². The average molecular weight is 279 g/mol. The number of carbonyl (C=O) groups is 2. The number of nitro groups is 1. The Labute approximate surface area is 114 Å². The van der Waals surface area contributed by atoms with E-state index in [0.717, 1.165) is 0 Å². The molecular formula is C12H13N3O5. The molecule has 0 aliphatic carbocycles. The van der Waals surface area contributed by atoms with Gasteiger partial charge in [0.2, 0.25) is 5.91 Å². The third-order valence-corrected chi connectivity index (χ3v) is 3.00. The third-order valence-electron chi connectivity index (χ3n) is 3.00. The maximum Gasteiger partial charge on any atom is 0.308 e. The number of benzene rings is 1. The van der Waals surface area contributed by atoms with E-state index in [2.05, 4.69) is 15.4 Å². The van der Waals surface area contributed by atoms with E-state index in [9.17, 15) is 19.7 Å². The SMILES string of the molecule is COC(=O)CC1Nc2ccc([N+](=O)[O-])cc2CNC1=O. The third kappa shape index (κ3) is 2.85. The fourth-order valence-electron chi connectivity index (χ4n) is 1.93. The van der Waals surface area contributed by atoms with Crippen LogP contribution in [-0.4, -0.2) is 30.0 Å². The van der Waals surface area contributed by atoms with Crippen molar-refractivity contribution in [3.8, 4) is 0 Å². The molecule has 106 valence electrons. The maximum absolute atomic E-state index is 11.8. The van der Waals surface area contributed by atoms with Gasteiger partial charge in [-0.05, 0) is 6.07 Å². The van der Waals surface area contributed by atoms with Gasteiger partial charge in [-0.15, -0.1) is 0 Å². The lowest BCUT2D eigenvalue weighted by Crippen LogP contribution is -2.38. The Kier molecular flexibility index (Phi) is 3.83. The normalized spacial score (nSPS) is 17.2. The minimum absolute atomic E-state index is 0.0498. The van der Waals surface area contributed by atoms with Gasteiger partial charge in [-0.2, -0.15) is 0 Å². The molecule has 0 saturated heterocycles. The molecule has 1 aliphatic rings. The standard InChI is InChI=1S/C12H13N3O5/c1-20-11(16)5-10-12(17)13-6-7-4-8(15(18)19)2-3-9(7)14-10/h2-4,10,14H,5-6H2,1H3,(H,13,17). The lowest BCUT2D eigenvalue weighted by molar-refractivity contribution is -0.384. The van der Waals surface area contributed by atoms with Crippen LogP contribution in [0.4, 0.5) is 11.4 Å². The van der Waals surface area contributed by atoms with Gasteiger partial charge in [-0.25, -0.2) is 0 Å². The number of carbonyl (C=O) groups excluding carboxylic acids is 2. The Morgan fingerprint density at radius 1 is 1.55 bits per heavy atom. The average Bonchev–Trinajstić information content (AvgIpc) is 2.58. The first-order valence-electron chi connectivity index (χ1n) is 5.89. The zero-order valence-electron chi connectivity index (χ0n) is 10.7. The molecule has 1 heterocycles. The number of fused-ring (bicyclic) bond motifs is 1. The molecule has 1 unspecified atom stereocenters. The first-order chi connectivity index (χ1) is 9.51. The number of amides is 1. The molecule has 1 atom stereocenters. The Morgan fingerprint density at radius 2 is 2.30 bits per heavy atom. The number of ether oxygens (including phenoxy) is 1. The van der Waals surface area contributed by atoms with Gasteiger partial charge >= 0.3 is 5.97 Å². The van der Waals surface area contributed by atoms with Gasteiger partial charge in [0.25, 0.3) is 5.69 Å². The molecule has 0 spiro atoms. The van der Waals surface area contributed by atoms with Gasteiger partial charge in [0.15, 0.2) is 0 Å². The van der Waals surface area contributed by atoms with Crippen molar-refractivity contribution in [3.63, 3.8) is 0 Å². The number of hydrogen-bond acceptors (Lipinski definition) is 6. The highest BCUT2D eigenvalue weighted by Crippen LogP contribution is 2.25. The molecule has 0 saturated carbocycles. The lowest BCUT2D eigenvalue weighted by atomic mass is 10.1. The van der Waals surface area contributed by atoms with Crippen molar-refractivity contribution in [1.29, 1.82) is 0 Å². The molecule has 1 aliphatic heterocycles. The molecule has 1 amide bonds. The summed E-state index contributed by atoms with van der Waals surface area (Å²) < 4.78 is 4.53. The number of methoxy groups -OCH3 is 1. The van der Waals surface area contributed by atoms with Crippen molar-refractivity contribution in [2.75, 3.05) is 12.4 Å². The van der Waals surface area contributed by atoms with Crippen LogP contribution in [0.15, 0.2) is 18.2 Å².